The Hall–Kier alpha value is -1.10. The lowest BCUT2D eigenvalue weighted by Crippen LogP contribution is -2.47. The zero-order chi connectivity index (χ0) is 13.6. The normalized spacial score (nSPS) is 25.2. The van der Waals surface area contributed by atoms with E-state index in [9.17, 15) is 4.79 Å². The zero-order valence-electron chi connectivity index (χ0n) is 11.1. The van der Waals surface area contributed by atoms with E-state index in [1.807, 2.05) is 18.7 Å². The quantitative estimate of drug-likeness (QED) is 0.708. The number of rotatable bonds is 2. The van der Waals surface area contributed by atoms with Crippen molar-refractivity contribution in [2.75, 3.05) is 6.54 Å². The van der Waals surface area contributed by atoms with Crippen LogP contribution in [0, 0.1) is 11.8 Å². The van der Waals surface area contributed by atoms with Crippen molar-refractivity contribution in [3.8, 4) is 0 Å². The van der Waals surface area contributed by atoms with E-state index < -0.39 is 0 Å². The molecule has 3 N–H and O–H groups in total. The van der Waals surface area contributed by atoms with Gasteiger partial charge < -0.3 is 15.7 Å². The molecule has 100 valence electrons. The molecule has 0 spiro atoms. The van der Waals surface area contributed by atoms with Gasteiger partial charge in [0.2, 0.25) is 5.91 Å². The smallest absolute Gasteiger partial charge is 0.290 e. The van der Waals surface area contributed by atoms with Gasteiger partial charge in [0, 0.05) is 12.6 Å². The molecule has 0 aromatic heterocycles. The molecule has 1 rings (SSSR count). The number of nitrogens with zero attached hydrogens (tertiary/aromatic N) is 1. The molecule has 1 heterocycles. The third-order valence-electron chi connectivity index (χ3n) is 3.07. The zero-order valence-corrected chi connectivity index (χ0v) is 11.1. The number of amides is 1. The average molecular weight is 244 g/mol. The minimum absolute atomic E-state index is 0.122. The van der Waals surface area contributed by atoms with E-state index >= 15 is 0 Å². The fourth-order valence-corrected chi connectivity index (χ4v) is 2.08. The van der Waals surface area contributed by atoms with Crippen LogP contribution in [0.25, 0.3) is 0 Å². The van der Waals surface area contributed by atoms with Gasteiger partial charge in [-0.3, -0.25) is 9.59 Å². The molecule has 0 aromatic rings. The Morgan fingerprint density at radius 3 is 2.24 bits per heavy atom. The molecule has 1 aliphatic heterocycles. The average Bonchev–Trinajstić information content (AvgIpc) is 2.56. The Kier molecular flexibility index (Phi) is 6.80. The summed E-state index contributed by atoms with van der Waals surface area (Å²) in [5.41, 5.74) is 5.86. The van der Waals surface area contributed by atoms with E-state index in [1.165, 1.54) is 0 Å². The summed E-state index contributed by atoms with van der Waals surface area (Å²) in [6.45, 7) is 8.90. The highest BCUT2D eigenvalue weighted by molar-refractivity contribution is 5.82. The maximum Gasteiger partial charge on any atom is 0.290 e. The summed E-state index contributed by atoms with van der Waals surface area (Å²) < 4.78 is 0. The van der Waals surface area contributed by atoms with E-state index in [1.54, 1.807) is 0 Å². The molecular formula is C12H24N2O3. The molecule has 1 saturated heterocycles. The van der Waals surface area contributed by atoms with Gasteiger partial charge in [-0.05, 0) is 25.2 Å². The van der Waals surface area contributed by atoms with Gasteiger partial charge in [-0.1, -0.05) is 20.8 Å². The minimum Gasteiger partial charge on any atom is -0.483 e. The van der Waals surface area contributed by atoms with Crippen molar-refractivity contribution < 1.29 is 14.7 Å². The van der Waals surface area contributed by atoms with Crippen LogP contribution in [0.5, 0.6) is 0 Å². The number of hydrogen-bond donors (Lipinski definition) is 2. The van der Waals surface area contributed by atoms with E-state index in [0.29, 0.717) is 12.0 Å². The summed E-state index contributed by atoms with van der Waals surface area (Å²) >= 11 is 0. The molecule has 0 saturated carbocycles. The lowest BCUT2D eigenvalue weighted by Gasteiger charge is -2.26. The first kappa shape index (κ1) is 15.9. The summed E-state index contributed by atoms with van der Waals surface area (Å²) in [5.74, 6) is 0.968. The Balaban J connectivity index is 0.000000770. The number of hydrogen-bond acceptors (Lipinski definition) is 3. The van der Waals surface area contributed by atoms with Gasteiger partial charge in [-0.2, -0.15) is 0 Å². The maximum absolute atomic E-state index is 11.9. The predicted molar refractivity (Wildman–Crippen MR) is 66.5 cm³/mol. The first-order chi connectivity index (χ1) is 7.84. The molecule has 1 fully saturated rings. The SMILES string of the molecule is CC(C)[C@H](N)C(=O)N1C[C@H](C)CC1C.O=CO. The number of carbonyl (C=O) groups excluding carboxylic acids is 1. The first-order valence-corrected chi connectivity index (χ1v) is 5.99. The molecule has 0 aromatic carbocycles. The van der Waals surface area contributed by atoms with Crippen LogP contribution < -0.4 is 5.73 Å². The summed E-state index contributed by atoms with van der Waals surface area (Å²) in [4.78, 5) is 22.2. The van der Waals surface area contributed by atoms with Crippen LogP contribution in [0.4, 0.5) is 0 Å². The molecule has 0 aliphatic carbocycles. The van der Waals surface area contributed by atoms with Crippen molar-refractivity contribution in [2.45, 2.75) is 46.2 Å². The molecule has 5 heteroatoms. The maximum atomic E-state index is 11.9. The second-order valence-corrected chi connectivity index (χ2v) is 5.06. The topological polar surface area (TPSA) is 83.6 Å². The summed E-state index contributed by atoms with van der Waals surface area (Å²) in [6.07, 6.45) is 1.11. The number of nitrogens with two attached hydrogens (primary N) is 1. The van der Waals surface area contributed by atoms with Gasteiger partial charge in [0.25, 0.3) is 6.47 Å². The van der Waals surface area contributed by atoms with E-state index in [2.05, 4.69) is 13.8 Å². The Bertz CT molecular complexity index is 256. The van der Waals surface area contributed by atoms with Gasteiger partial charge in [0.15, 0.2) is 0 Å². The molecule has 1 unspecified atom stereocenters. The van der Waals surface area contributed by atoms with Crippen molar-refractivity contribution >= 4 is 12.4 Å². The summed E-state index contributed by atoms with van der Waals surface area (Å²) in [7, 11) is 0. The third kappa shape index (κ3) is 4.73. The van der Waals surface area contributed by atoms with Gasteiger partial charge in [0.1, 0.15) is 0 Å². The summed E-state index contributed by atoms with van der Waals surface area (Å²) in [6, 6.07) is 0.0325. The molecule has 1 amide bonds. The van der Waals surface area contributed by atoms with Crippen molar-refractivity contribution in [3.63, 3.8) is 0 Å². The van der Waals surface area contributed by atoms with Crippen LogP contribution in [0.1, 0.15) is 34.1 Å². The minimum atomic E-state index is -0.331. The van der Waals surface area contributed by atoms with Crippen molar-refractivity contribution in [1.82, 2.24) is 4.90 Å². The molecule has 0 bridgehead atoms. The Morgan fingerprint density at radius 1 is 1.47 bits per heavy atom. The van der Waals surface area contributed by atoms with Gasteiger partial charge in [-0.15, -0.1) is 0 Å². The lowest BCUT2D eigenvalue weighted by molar-refractivity contribution is -0.134. The van der Waals surface area contributed by atoms with Gasteiger partial charge >= 0.3 is 0 Å². The first-order valence-electron chi connectivity index (χ1n) is 5.99. The van der Waals surface area contributed by atoms with Gasteiger partial charge in [-0.25, -0.2) is 0 Å². The number of carbonyl (C=O) groups is 2. The van der Waals surface area contributed by atoms with E-state index in [4.69, 9.17) is 15.6 Å². The molecule has 5 nitrogen and oxygen atoms in total. The van der Waals surface area contributed by atoms with Crippen LogP contribution in [-0.4, -0.2) is 41.0 Å². The lowest BCUT2D eigenvalue weighted by atomic mass is 10.0. The molecule has 17 heavy (non-hydrogen) atoms. The van der Waals surface area contributed by atoms with Gasteiger partial charge in [0.05, 0.1) is 6.04 Å². The van der Waals surface area contributed by atoms with Crippen molar-refractivity contribution in [2.24, 2.45) is 17.6 Å². The molecular weight excluding hydrogens is 220 g/mol. The molecule has 3 atom stereocenters. The van der Waals surface area contributed by atoms with Crippen LogP contribution >= 0.6 is 0 Å². The predicted octanol–water partition coefficient (Wildman–Crippen LogP) is 0.927. The molecule has 1 aliphatic rings. The fraction of sp³-hybridized carbons (Fsp3) is 0.833. The highest BCUT2D eigenvalue weighted by Crippen LogP contribution is 2.23. The van der Waals surface area contributed by atoms with Crippen LogP contribution in [0.2, 0.25) is 0 Å². The Morgan fingerprint density at radius 2 is 1.94 bits per heavy atom. The van der Waals surface area contributed by atoms with Crippen LogP contribution in [-0.2, 0) is 9.59 Å². The second-order valence-electron chi connectivity index (χ2n) is 5.06. The monoisotopic (exact) mass is 244 g/mol. The fourth-order valence-electron chi connectivity index (χ4n) is 2.08. The van der Waals surface area contributed by atoms with E-state index in [0.717, 1.165) is 13.0 Å². The molecule has 0 radical (unpaired) electrons. The largest absolute Gasteiger partial charge is 0.483 e. The number of carboxylic acid groups (broad SMARTS) is 1. The van der Waals surface area contributed by atoms with Crippen molar-refractivity contribution in [1.29, 1.82) is 0 Å². The highest BCUT2D eigenvalue weighted by atomic mass is 16.3. The second kappa shape index (κ2) is 7.27. The standard InChI is InChI=1S/C11H22N2O.CH2O2/c1-7(2)10(12)11(14)13-6-8(3)5-9(13)4;2-1-3/h7-10H,5-6,12H2,1-4H3;1H,(H,2,3)/t8-,9?,10+;/m1./s1. The van der Waals surface area contributed by atoms with E-state index in [-0.39, 0.29) is 24.3 Å². The van der Waals surface area contributed by atoms with Crippen LogP contribution in [0.3, 0.4) is 0 Å². The Labute approximate surface area is 103 Å². The number of likely N-dealkylation sites (tertiary alicyclic amines) is 1. The van der Waals surface area contributed by atoms with Crippen molar-refractivity contribution in [3.05, 3.63) is 0 Å². The van der Waals surface area contributed by atoms with Crippen LogP contribution in [0.15, 0.2) is 0 Å². The highest BCUT2D eigenvalue weighted by Gasteiger charge is 2.33. The third-order valence-corrected chi connectivity index (χ3v) is 3.07. The summed E-state index contributed by atoms with van der Waals surface area (Å²) in [5, 5.41) is 6.89.